The van der Waals surface area contributed by atoms with Crippen molar-refractivity contribution in [2.75, 3.05) is 19.6 Å². The highest BCUT2D eigenvalue weighted by Gasteiger charge is 2.44. The summed E-state index contributed by atoms with van der Waals surface area (Å²) in [6.45, 7) is 5.13. The van der Waals surface area contributed by atoms with E-state index >= 15 is 0 Å². The molecule has 0 aromatic heterocycles. The maximum Gasteiger partial charge on any atom is 0.407 e. The fourth-order valence-corrected chi connectivity index (χ4v) is 2.14. The van der Waals surface area contributed by atoms with Crippen LogP contribution in [0, 0.1) is 0 Å². The molecule has 2 aliphatic rings. The second-order valence-corrected chi connectivity index (χ2v) is 3.99. The van der Waals surface area contributed by atoms with Gasteiger partial charge in [0.15, 0.2) is 0 Å². The summed E-state index contributed by atoms with van der Waals surface area (Å²) in [7, 11) is 0. The highest BCUT2D eigenvalue weighted by molar-refractivity contribution is 5.87. The molecular formula is C10H14N2O3. The van der Waals surface area contributed by atoms with Crippen LogP contribution in [0.1, 0.15) is 12.8 Å². The molecule has 0 aromatic carbocycles. The number of carbonyl (C=O) groups excluding carboxylic acids is 2. The van der Waals surface area contributed by atoms with E-state index in [1.807, 2.05) is 0 Å². The van der Waals surface area contributed by atoms with Gasteiger partial charge in [0.05, 0.1) is 13.1 Å². The lowest BCUT2D eigenvalue weighted by molar-refractivity contribution is -0.131. The van der Waals surface area contributed by atoms with Gasteiger partial charge in [-0.15, -0.1) is 0 Å². The molecule has 82 valence electrons. The Morgan fingerprint density at radius 1 is 1.67 bits per heavy atom. The van der Waals surface area contributed by atoms with Crippen molar-refractivity contribution in [1.82, 2.24) is 10.2 Å². The van der Waals surface area contributed by atoms with Crippen molar-refractivity contribution in [2.24, 2.45) is 0 Å². The molecule has 1 N–H and O–H groups in total. The van der Waals surface area contributed by atoms with Crippen molar-refractivity contribution in [3.63, 3.8) is 0 Å². The van der Waals surface area contributed by atoms with Crippen molar-refractivity contribution < 1.29 is 14.3 Å². The second-order valence-electron chi connectivity index (χ2n) is 3.99. The third-order valence-electron chi connectivity index (χ3n) is 2.89. The minimum Gasteiger partial charge on any atom is -0.439 e. The highest BCUT2D eigenvalue weighted by Crippen LogP contribution is 2.27. The largest absolute Gasteiger partial charge is 0.439 e. The molecule has 2 aliphatic heterocycles. The molecule has 0 unspecified atom stereocenters. The Balaban J connectivity index is 2.07. The van der Waals surface area contributed by atoms with Crippen LogP contribution in [0.5, 0.6) is 0 Å². The number of nitrogens with one attached hydrogen (secondary N) is 1. The molecule has 5 heteroatoms. The van der Waals surface area contributed by atoms with Crippen molar-refractivity contribution in [3.05, 3.63) is 12.7 Å². The van der Waals surface area contributed by atoms with E-state index in [4.69, 9.17) is 4.74 Å². The van der Waals surface area contributed by atoms with Gasteiger partial charge >= 0.3 is 6.09 Å². The molecule has 5 nitrogen and oxygen atoms in total. The topological polar surface area (TPSA) is 58.6 Å². The molecule has 0 saturated carbocycles. The Morgan fingerprint density at radius 2 is 2.47 bits per heavy atom. The Morgan fingerprint density at radius 3 is 3.07 bits per heavy atom. The first kappa shape index (κ1) is 10.0. The van der Waals surface area contributed by atoms with Crippen LogP contribution in [0.4, 0.5) is 4.79 Å². The summed E-state index contributed by atoms with van der Waals surface area (Å²) in [5, 5.41) is 2.63. The van der Waals surface area contributed by atoms with Gasteiger partial charge in [-0.3, -0.25) is 4.79 Å². The molecule has 0 aromatic rings. The summed E-state index contributed by atoms with van der Waals surface area (Å²) in [6, 6.07) is 0. The van der Waals surface area contributed by atoms with E-state index in [0.717, 1.165) is 12.8 Å². The van der Waals surface area contributed by atoms with Crippen LogP contribution >= 0.6 is 0 Å². The van der Waals surface area contributed by atoms with E-state index < -0.39 is 5.60 Å². The predicted molar refractivity (Wildman–Crippen MR) is 53.2 cm³/mol. The molecule has 2 amide bonds. The smallest absolute Gasteiger partial charge is 0.407 e. The van der Waals surface area contributed by atoms with Crippen molar-refractivity contribution in [3.8, 4) is 0 Å². The zero-order valence-electron chi connectivity index (χ0n) is 8.49. The van der Waals surface area contributed by atoms with E-state index in [0.29, 0.717) is 19.6 Å². The summed E-state index contributed by atoms with van der Waals surface area (Å²) in [4.78, 5) is 24.1. The Bertz CT molecular complexity index is 316. The second kappa shape index (κ2) is 3.56. The lowest BCUT2D eigenvalue weighted by atomic mass is 9.93. The van der Waals surface area contributed by atoms with Gasteiger partial charge in [-0.2, -0.15) is 0 Å². The molecule has 2 fully saturated rings. The summed E-state index contributed by atoms with van der Waals surface area (Å²) >= 11 is 0. The summed E-state index contributed by atoms with van der Waals surface area (Å²) < 4.78 is 5.24. The maximum absolute atomic E-state index is 11.4. The highest BCUT2D eigenvalue weighted by atomic mass is 16.6. The monoisotopic (exact) mass is 210 g/mol. The Kier molecular flexibility index (Phi) is 2.38. The maximum atomic E-state index is 11.4. The molecule has 1 atom stereocenters. The fourth-order valence-electron chi connectivity index (χ4n) is 2.14. The lowest BCUT2D eigenvalue weighted by Crippen LogP contribution is -2.51. The number of alkyl carbamates (subject to hydrolysis) is 1. The van der Waals surface area contributed by atoms with Crippen LogP contribution < -0.4 is 5.32 Å². The first-order valence-corrected chi connectivity index (χ1v) is 5.03. The third kappa shape index (κ3) is 1.82. The minimum absolute atomic E-state index is 0.1000. The number of amides is 2. The van der Waals surface area contributed by atoms with Crippen molar-refractivity contribution in [1.29, 1.82) is 0 Å². The molecule has 0 radical (unpaired) electrons. The standard InChI is InChI=1S/C10H14N2O3/c1-2-8(13)12-5-3-4-10(7-12)6-11-9(14)15-10/h2H,1,3-7H2,(H,11,14)/t10-/m0/s1. The van der Waals surface area contributed by atoms with Gasteiger partial charge in [0.25, 0.3) is 0 Å². The van der Waals surface area contributed by atoms with Crippen molar-refractivity contribution in [2.45, 2.75) is 18.4 Å². The number of carbonyl (C=O) groups is 2. The number of piperidine rings is 1. The summed E-state index contributed by atoms with van der Waals surface area (Å²) in [5.41, 5.74) is -0.506. The van der Waals surface area contributed by atoms with Crippen LogP contribution in [0.25, 0.3) is 0 Å². The Hall–Kier alpha value is -1.52. The molecule has 1 spiro atoms. The summed E-state index contributed by atoms with van der Waals surface area (Å²) in [6.07, 6.45) is 2.58. The van der Waals surface area contributed by atoms with Crippen LogP contribution in [0.15, 0.2) is 12.7 Å². The van der Waals surface area contributed by atoms with Gasteiger partial charge in [-0.1, -0.05) is 6.58 Å². The number of rotatable bonds is 1. The third-order valence-corrected chi connectivity index (χ3v) is 2.89. The van der Waals surface area contributed by atoms with Gasteiger partial charge in [0.2, 0.25) is 5.91 Å². The van der Waals surface area contributed by atoms with Gasteiger partial charge in [-0.25, -0.2) is 4.79 Å². The fraction of sp³-hybridized carbons (Fsp3) is 0.600. The number of ether oxygens (including phenoxy) is 1. The zero-order valence-corrected chi connectivity index (χ0v) is 8.49. The van der Waals surface area contributed by atoms with Gasteiger partial charge in [0.1, 0.15) is 5.60 Å². The molecule has 2 heterocycles. The molecule has 2 rings (SSSR count). The average Bonchev–Trinajstić information content (AvgIpc) is 2.59. The summed E-state index contributed by atoms with van der Waals surface area (Å²) in [5.74, 6) is -0.1000. The number of hydrogen-bond acceptors (Lipinski definition) is 3. The average molecular weight is 210 g/mol. The quantitative estimate of drug-likeness (QED) is 0.632. The van der Waals surface area contributed by atoms with Crippen LogP contribution in [-0.4, -0.2) is 42.1 Å². The van der Waals surface area contributed by atoms with Gasteiger partial charge in [-0.05, 0) is 18.9 Å². The van der Waals surface area contributed by atoms with E-state index in [1.165, 1.54) is 6.08 Å². The number of likely N-dealkylation sites (tertiary alicyclic amines) is 1. The first-order valence-electron chi connectivity index (χ1n) is 5.03. The number of nitrogens with zero attached hydrogens (tertiary/aromatic N) is 1. The van der Waals surface area contributed by atoms with Crippen LogP contribution in [0.2, 0.25) is 0 Å². The first-order chi connectivity index (χ1) is 7.15. The lowest BCUT2D eigenvalue weighted by Gasteiger charge is -2.37. The van der Waals surface area contributed by atoms with Crippen LogP contribution in [-0.2, 0) is 9.53 Å². The van der Waals surface area contributed by atoms with E-state index in [-0.39, 0.29) is 12.0 Å². The molecule has 0 aliphatic carbocycles. The molecule has 15 heavy (non-hydrogen) atoms. The van der Waals surface area contributed by atoms with Gasteiger partial charge < -0.3 is 15.0 Å². The van der Waals surface area contributed by atoms with E-state index in [9.17, 15) is 9.59 Å². The molecular weight excluding hydrogens is 196 g/mol. The Labute approximate surface area is 88.1 Å². The minimum atomic E-state index is -0.506. The normalized spacial score (nSPS) is 29.9. The predicted octanol–water partition coefficient (Wildman–Crippen LogP) is 0.273. The van der Waals surface area contributed by atoms with E-state index in [1.54, 1.807) is 4.90 Å². The molecule has 2 saturated heterocycles. The van der Waals surface area contributed by atoms with Crippen LogP contribution in [0.3, 0.4) is 0 Å². The van der Waals surface area contributed by atoms with Gasteiger partial charge in [0, 0.05) is 6.54 Å². The number of hydrogen-bond donors (Lipinski definition) is 1. The SMILES string of the molecule is C=CC(=O)N1CCC[C@]2(CNC(=O)O2)C1. The van der Waals surface area contributed by atoms with Crippen molar-refractivity contribution >= 4 is 12.0 Å². The van der Waals surface area contributed by atoms with E-state index in [2.05, 4.69) is 11.9 Å². The molecule has 0 bridgehead atoms. The zero-order chi connectivity index (χ0) is 10.9.